The zero-order valence-electron chi connectivity index (χ0n) is 14.6. The Morgan fingerprint density at radius 3 is 2.65 bits per heavy atom. The number of carbonyl (C=O) groups is 3. The number of esters is 1. The highest BCUT2D eigenvalue weighted by atomic mass is 32.1. The lowest BCUT2D eigenvalue weighted by atomic mass is 10.1. The van der Waals surface area contributed by atoms with E-state index in [9.17, 15) is 14.4 Å². The third-order valence-corrected chi connectivity index (χ3v) is 5.46. The van der Waals surface area contributed by atoms with E-state index in [1.807, 2.05) is 43.3 Å². The molecular formula is C20H21NO4S. The summed E-state index contributed by atoms with van der Waals surface area (Å²) in [5, 5.41) is 0. The van der Waals surface area contributed by atoms with Crippen molar-refractivity contribution in [1.29, 1.82) is 0 Å². The SMILES string of the molecule is Cc1ccc(C(=O)COC(=O)[C@H]2CC(=O)N(CCc3ccccc3)C2)s1. The van der Waals surface area contributed by atoms with Gasteiger partial charge in [0.05, 0.1) is 10.8 Å². The maximum atomic E-state index is 12.2. The summed E-state index contributed by atoms with van der Waals surface area (Å²) in [5.41, 5.74) is 1.16. The molecule has 5 nitrogen and oxygen atoms in total. The van der Waals surface area contributed by atoms with E-state index in [-0.39, 0.29) is 24.7 Å². The molecule has 26 heavy (non-hydrogen) atoms. The van der Waals surface area contributed by atoms with Gasteiger partial charge in [-0.25, -0.2) is 0 Å². The quantitative estimate of drug-likeness (QED) is 0.555. The monoisotopic (exact) mass is 371 g/mol. The lowest BCUT2D eigenvalue weighted by molar-refractivity contribution is -0.147. The van der Waals surface area contributed by atoms with Gasteiger partial charge in [-0.15, -0.1) is 11.3 Å². The number of Topliss-reactive ketones (excluding diaryl/α,β-unsaturated/α-hetero) is 1. The minimum absolute atomic E-state index is 0.0388. The molecule has 1 saturated heterocycles. The zero-order chi connectivity index (χ0) is 18.5. The van der Waals surface area contributed by atoms with Crippen LogP contribution >= 0.6 is 11.3 Å². The zero-order valence-corrected chi connectivity index (χ0v) is 15.5. The predicted octanol–water partition coefficient (Wildman–Crippen LogP) is 2.87. The second-order valence-corrected chi connectivity index (χ2v) is 7.71. The van der Waals surface area contributed by atoms with Crippen molar-refractivity contribution in [2.75, 3.05) is 19.7 Å². The maximum Gasteiger partial charge on any atom is 0.311 e. The van der Waals surface area contributed by atoms with Crippen LogP contribution in [-0.2, 0) is 20.7 Å². The predicted molar refractivity (Wildman–Crippen MR) is 99.2 cm³/mol. The summed E-state index contributed by atoms with van der Waals surface area (Å²) in [6, 6.07) is 13.5. The van der Waals surface area contributed by atoms with Crippen molar-refractivity contribution in [3.8, 4) is 0 Å². The molecule has 2 heterocycles. The number of aryl methyl sites for hydroxylation is 1. The molecule has 1 atom stereocenters. The standard InChI is InChI=1S/C20H21NO4S/c1-14-7-8-18(26-14)17(22)13-25-20(24)16-11-19(23)21(12-16)10-9-15-5-3-2-4-6-15/h2-8,16H,9-13H2,1H3/t16-/m0/s1. The van der Waals surface area contributed by atoms with Crippen LogP contribution in [0.5, 0.6) is 0 Å². The molecule has 6 heteroatoms. The van der Waals surface area contributed by atoms with E-state index in [0.717, 1.165) is 16.9 Å². The summed E-state index contributed by atoms with van der Waals surface area (Å²) in [7, 11) is 0. The lowest BCUT2D eigenvalue weighted by Gasteiger charge is -2.16. The molecule has 1 aromatic heterocycles. The number of nitrogens with zero attached hydrogens (tertiary/aromatic N) is 1. The molecule has 0 aliphatic carbocycles. The first-order valence-corrected chi connectivity index (χ1v) is 9.42. The fraction of sp³-hybridized carbons (Fsp3) is 0.350. The van der Waals surface area contributed by atoms with Gasteiger partial charge < -0.3 is 9.64 Å². The smallest absolute Gasteiger partial charge is 0.311 e. The Morgan fingerprint density at radius 2 is 1.96 bits per heavy atom. The van der Waals surface area contributed by atoms with Gasteiger partial charge in [-0.1, -0.05) is 30.3 Å². The Labute approximate surface area is 156 Å². The average molecular weight is 371 g/mol. The fourth-order valence-electron chi connectivity index (χ4n) is 2.96. The highest BCUT2D eigenvalue weighted by Crippen LogP contribution is 2.20. The molecular weight excluding hydrogens is 350 g/mol. The summed E-state index contributed by atoms with van der Waals surface area (Å²) in [6.45, 7) is 2.59. The van der Waals surface area contributed by atoms with Gasteiger partial charge in [-0.2, -0.15) is 0 Å². The van der Waals surface area contributed by atoms with Crippen molar-refractivity contribution < 1.29 is 19.1 Å². The molecule has 1 fully saturated rings. The molecule has 0 unspecified atom stereocenters. The van der Waals surface area contributed by atoms with Crippen LogP contribution in [0.1, 0.15) is 26.5 Å². The number of rotatable bonds is 7. The van der Waals surface area contributed by atoms with Crippen LogP contribution in [0.4, 0.5) is 0 Å². The third kappa shape index (κ3) is 4.58. The Bertz CT molecular complexity index is 799. The van der Waals surface area contributed by atoms with Gasteiger partial charge in [0.2, 0.25) is 11.7 Å². The number of ether oxygens (including phenoxy) is 1. The normalized spacial score (nSPS) is 16.7. The Morgan fingerprint density at radius 1 is 1.19 bits per heavy atom. The fourth-order valence-corrected chi connectivity index (χ4v) is 3.76. The Kier molecular flexibility index (Phi) is 5.83. The van der Waals surface area contributed by atoms with Gasteiger partial charge in [0, 0.05) is 24.4 Å². The van der Waals surface area contributed by atoms with E-state index < -0.39 is 11.9 Å². The number of carbonyl (C=O) groups excluding carboxylic acids is 3. The van der Waals surface area contributed by atoms with Gasteiger partial charge in [0.25, 0.3) is 0 Å². The van der Waals surface area contributed by atoms with E-state index in [1.54, 1.807) is 11.0 Å². The number of hydrogen-bond acceptors (Lipinski definition) is 5. The van der Waals surface area contributed by atoms with Crippen LogP contribution in [0.2, 0.25) is 0 Å². The number of benzene rings is 1. The minimum atomic E-state index is -0.490. The van der Waals surface area contributed by atoms with E-state index in [4.69, 9.17) is 4.74 Å². The van der Waals surface area contributed by atoms with E-state index in [0.29, 0.717) is 18.0 Å². The maximum absolute atomic E-state index is 12.2. The summed E-state index contributed by atoms with van der Waals surface area (Å²) < 4.78 is 5.15. The summed E-state index contributed by atoms with van der Waals surface area (Å²) in [6.07, 6.45) is 0.907. The number of thiophene rings is 1. The van der Waals surface area contributed by atoms with Gasteiger partial charge >= 0.3 is 5.97 Å². The highest BCUT2D eigenvalue weighted by molar-refractivity contribution is 7.14. The summed E-state index contributed by atoms with van der Waals surface area (Å²) >= 11 is 1.38. The van der Waals surface area contributed by atoms with Crippen molar-refractivity contribution in [3.05, 3.63) is 57.8 Å². The van der Waals surface area contributed by atoms with Crippen LogP contribution in [-0.4, -0.2) is 42.3 Å². The number of hydrogen-bond donors (Lipinski definition) is 0. The van der Waals surface area contributed by atoms with Crippen LogP contribution in [0.3, 0.4) is 0 Å². The number of likely N-dealkylation sites (tertiary alicyclic amines) is 1. The van der Waals surface area contributed by atoms with Gasteiger partial charge in [-0.05, 0) is 31.0 Å². The topological polar surface area (TPSA) is 63.7 Å². The first-order valence-electron chi connectivity index (χ1n) is 8.61. The van der Waals surface area contributed by atoms with Gasteiger partial charge in [-0.3, -0.25) is 14.4 Å². The van der Waals surface area contributed by atoms with Gasteiger partial charge in [0.15, 0.2) is 6.61 Å². The molecule has 1 amide bonds. The third-order valence-electron chi connectivity index (χ3n) is 4.42. The Hall–Kier alpha value is -2.47. The minimum Gasteiger partial charge on any atom is -0.457 e. The van der Waals surface area contributed by atoms with Crippen molar-refractivity contribution in [1.82, 2.24) is 4.90 Å². The molecule has 0 spiro atoms. The molecule has 0 saturated carbocycles. The highest BCUT2D eigenvalue weighted by Gasteiger charge is 2.35. The van der Waals surface area contributed by atoms with Crippen LogP contribution < -0.4 is 0 Å². The van der Waals surface area contributed by atoms with Crippen LogP contribution in [0, 0.1) is 12.8 Å². The van der Waals surface area contributed by atoms with Crippen LogP contribution in [0.15, 0.2) is 42.5 Å². The van der Waals surface area contributed by atoms with E-state index in [1.165, 1.54) is 11.3 Å². The summed E-state index contributed by atoms with van der Waals surface area (Å²) in [4.78, 5) is 39.7. The molecule has 0 N–H and O–H groups in total. The van der Waals surface area contributed by atoms with Crippen molar-refractivity contribution in [2.24, 2.45) is 5.92 Å². The molecule has 1 aliphatic heterocycles. The van der Waals surface area contributed by atoms with Gasteiger partial charge in [0.1, 0.15) is 0 Å². The molecule has 0 radical (unpaired) electrons. The first-order chi connectivity index (χ1) is 12.5. The Balaban J connectivity index is 1.46. The second-order valence-electron chi connectivity index (χ2n) is 6.42. The molecule has 1 aliphatic rings. The molecule has 136 valence electrons. The van der Waals surface area contributed by atoms with Crippen molar-refractivity contribution in [3.63, 3.8) is 0 Å². The van der Waals surface area contributed by atoms with Crippen molar-refractivity contribution >= 4 is 29.0 Å². The molecule has 3 rings (SSSR count). The van der Waals surface area contributed by atoms with Crippen molar-refractivity contribution in [2.45, 2.75) is 19.8 Å². The molecule has 1 aromatic carbocycles. The molecule has 0 bridgehead atoms. The summed E-state index contributed by atoms with van der Waals surface area (Å²) in [5.74, 6) is -1.21. The second kappa shape index (κ2) is 8.27. The number of amides is 1. The van der Waals surface area contributed by atoms with E-state index in [2.05, 4.69) is 0 Å². The average Bonchev–Trinajstić information content (AvgIpc) is 3.24. The first kappa shape index (κ1) is 18.3. The van der Waals surface area contributed by atoms with Crippen LogP contribution in [0.25, 0.3) is 0 Å². The number of ketones is 1. The van der Waals surface area contributed by atoms with E-state index >= 15 is 0 Å². The largest absolute Gasteiger partial charge is 0.457 e. The lowest BCUT2D eigenvalue weighted by Crippen LogP contribution is -2.29. The molecule has 2 aromatic rings.